The molecule has 0 saturated carbocycles. The highest BCUT2D eigenvalue weighted by atomic mass is 16.4. The molecule has 6 nitrogen and oxygen atoms in total. The number of carbonyl (C=O) groups is 2. The summed E-state index contributed by atoms with van der Waals surface area (Å²) in [7, 11) is 0. The van der Waals surface area contributed by atoms with Crippen LogP contribution in [0, 0.1) is 12.3 Å². The second-order valence-corrected chi connectivity index (χ2v) is 7.90. The van der Waals surface area contributed by atoms with Crippen LogP contribution in [0.2, 0.25) is 0 Å². The zero-order valence-corrected chi connectivity index (χ0v) is 17.1. The van der Waals surface area contributed by atoms with Gasteiger partial charge in [-0.1, -0.05) is 45.0 Å². The molecule has 1 aromatic heterocycles. The van der Waals surface area contributed by atoms with Crippen LogP contribution in [0.3, 0.4) is 0 Å². The fourth-order valence-electron chi connectivity index (χ4n) is 2.65. The third-order valence-corrected chi connectivity index (χ3v) is 4.33. The van der Waals surface area contributed by atoms with Gasteiger partial charge in [-0.15, -0.1) is 0 Å². The molecule has 0 spiro atoms. The molecular weight excluding hydrogens is 366 g/mol. The van der Waals surface area contributed by atoms with Crippen molar-refractivity contribution in [3.05, 3.63) is 66.1 Å². The van der Waals surface area contributed by atoms with E-state index in [2.05, 4.69) is 15.6 Å². The van der Waals surface area contributed by atoms with Gasteiger partial charge >= 0.3 is 0 Å². The first kappa shape index (κ1) is 20.3. The topological polar surface area (TPSA) is 84.2 Å². The average Bonchev–Trinajstić information content (AvgIpc) is 3.02. The van der Waals surface area contributed by atoms with Gasteiger partial charge in [-0.05, 0) is 37.3 Å². The monoisotopic (exact) mass is 391 g/mol. The lowest BCUT2D eigenvalue weighted by atomic mass is 9.95. The summed E-state index contributed by atoms with van der Waals surface area (Å²) in [4.78, 5) is 29.1. The van der Waals surface area contributed by atoms with Gasteiger partial charge in [0.2, 0.25) is 17.7 Å². The minimum atomic E-state index is -0.500. The predicted octanol–water partition coefficient (Wildman–Crippen LogP) is 4.82. The molecule has 3 aromatic rings. The van der Waals surface area contributed by atoms with Crippen molar-refractivity contribution < 1.29 is 14.0 Å². The number of nitrogens with one attached hydrogen (secondary N) is 2. The van der Waals surface area contributed by atoms with Gasteiger partial charge in [0.05, 0.1) is 12.1 Å². The zero-order chi connectivity index (χ0) is 21.0. The molecule has 29 heavy (non-hydrogen) atoms. The molecule has 0 bridgehead atoms. The summed E-state index contributed by atoms with van der Waals surface area (Å²) in [6.45, 7) is 7.33. The molecule has 6 heteroatoms. The normalized spacial score (nSPS) is 11.2. The van der Waals surface area contributed by atoms with Crippen LogP contribution in [-0.4, -0.2) is 16.8 Å². The molecule has 2 aromatic carbocycles. The number of hydrogen-bond donors (Lipinski definition) is 2. The molecule has 1 heterocycles. The van der Waals surface area contributed by atoms with Crippen molar-refractivity contribution in [3.63, 3.8) is 0 Å². The third kappa shape index (κ3) is 5.31. The number of oxazole rings is 1. The van der Waals surface area contributed by atoms with Crippen LogP contribution in [0.5, 0.6) is 0 Å². The number of aromatic nitrogens is 1. The Labute approximate surface area is 170 Å². The summed E-state index contributed by atoms with van der Waals surface area (Å²) in [5, 5.41) is 5.71. The summed E-state index contributed by atoms with van der Waals surface area (Å²) < 4.78 is 5.71. The summed E-state index contributed by atoms with van der Waals surface area (Å²) in [6, 6.07) is 16.6. The Kier molecular flexibility index (Phi) is 5.82. The Morgan fingerprint density at radius 1 is 0.966 bits per heavy atom. The van der Waals surface area contributed by atoms with E-state index in [0.29, 0.717) is 28.7 Å². The molecule has 0 radical (unpaired) electrons. The first-order valence-corrected chi connectivity index (χ1v) is 9.45. The highest BCUT2D eigenvalue weighted by Crippen LogP contribution is 2.23. The summed E-state index contributed by atoms with van der Waals surface area (Å²) in [5.74, 6) is 0.816. The van der Waals surface area contributed by atoms with E-state index in [4.69, 9.17) is 4.42 Å². The summed E-state index contributed by atoms with van der Waals surface area (Å²) in [5.41, 5.74) is 2.20. The van der Waals surface area contributed by atoms with E-state index in [9.17, 15) is 9.59 Å². The van der Waals surface area contributed by atoms with Crippen molar-refractivity contribution >= 4 is 23.2 Å². The molecule has 0 aliphatic rings. The average molecular weight is 391 g/mol. The van der Waals surface area contributed by atoms with Crippen LogP contribution >= 0.6 is 0 Å². The van der Waals surface area contributed by atoms with Gasteiger partial charge in [-0.2, -0.15) is 0 Å². The SMILES string of the molecule is Cc1oc(-c2ccccc2)nc1CC(=O)Nc1cccc(NC(=O)C(C)(C)C)c1. The molecule has 0 saturated heterocycles. The summed E-state index contributed by atoms with van der Waals surface area (Å²) in [6.07, 6.45) is 0.0980. The Morgan fingerprint density at radius 2 is 1.62 bits per heavy atom. The maximum Gasteiger partial charge on any atom is 0.230 e. The van der Waals surface area contributed by atoms with E-state index in [1.165, 1.54) is 0 Å². The van der Waals surface area contributed by atoms with Crippen molar-refractivity contribution in [1.82, 2.24) is 4.98 Å². The van der Waals surface area contributed by atoms with Crippen LogP contribution in [0.1, 0.15) is 32.2 Å². The van der Waals surface area contributed by atoms with Gasteiger partial charge in [-0.3, -0.25) is 9.59 Å². The molecule has 0 fully saturated rings. The Hall–Kier alpha value is -3.41. The molecule has 0 aliphatic carbocycles. The van der Waals surface area contributed by atoms with Crippen LogP contribution in [0.25, 0.3) is 11.5 Å². The standard InChI is InChI=1S/C23H25N3O3/c1-15-19(26-21(29-15)16-9-6-5-7-10-16)14-20(27)24-17-11-8-12-18(13-17)25-22(28)23(2,3)4/h5-13H,14H2,1-4H3,(H,24,27)(H,25,28). The number of carbonyl (C=O) groups excluding carboxylic acids is 2. The number of aryl methyl sites for hydroxylation is 1. The van der Waals surface area contributed by atoms with Crippen molar-refractivity contribution in [2.45, 2.75) is 34.1 Å². The van der Waals surface area contributed by atoms with Gasteiger partial charge in [0, 0.05) is 22.4 Å². The lowest BCUT2D eigenvalue weighted by molar-refractivity contribution is -0.123. The maximum atomic E-state index is 12.5. The lowest BCUT2D eigenvalue weighted by Gasteiger charge is -2.18. The number of amides is 2. The van der Waals surface area contributed by atoms with Crippen molar-refractivity contribution in [2.24, 2.45) is 5.41 Å². The Balaban J connectivity index is 1.66. The second-order valence-electron chi connectivity index (χ2n) is 7.90. The van der Waals surface area contributed by atoms with Crippen LogP contribution in [0.15, 0.2) is 59.0 Å². The molecule has 150 valence electrons. The lowest BCUT2D eigenvalue weighted by Crippen LogP contribution is -2.27. The molecule has 3 rings (SSSR count). The van der Waals surface area contributed by atoms with Gasteiger partial charge in [0.1, 0.15) is 5.76 Å². The smallest absolute Gasteiger partial charge is 0.230 e. The molecule has 2 amide bonds. The highest BCUT2D eigenvalue weighted by molar-refractivity contribution is 5.96. The van der Waals surface area contributed by atoms with E-state index in [1.807, 2.05) is 51.1 Å². The Bertz CT molecular complexity index is 1020. The number of benzene rings is 2. The second kappa shape index (κ2) is 8.31. The van der Waals surface area contributed by atoms with E-state index < -0.39 is 5.41 Å². The van der Waals surface area contributed by atoms with Crippen LogP contribution in [-0.2, 0) is 16.0 Å². The van der Waals surface area contributed by atoms with Crippen LogP contribution in [0.4, 0.5) is 11.4 Å². The molecule has 0 atom stereocenters. The molecule has 0 unspecified atom stereocenters. The Morgan fingerprint density at radius 3 is 2.28 bits per heavy atom. The minimum Gasteiger partial charge on any atom is -0.441 e. The zero-order valence-electron chi connectivity index (χ0n) is 17.1. The largest absolute Gasteiger partial charge is 0.441 e. The van der Waals surface area contributed by atoms with E-state index in [-0.39, 0.29) is 18.2 Å². The van der Waals surface area contributed by atoms with E-state index in [0.717, 1.165) is 5.56 Å². The maximum absolute atomic E-state index is 12.5. The molecule has 0 aliphatic heterocycles. The van der Waals surface area contributed by atoms with Crippen molar-refractivity contribution in [2.75, 3.05) is 10.6 Å². The minimum absolute atomic E-state index is 0.0901. The molecule has 2 N–H and O–H groups in total. The first-order valence-electron chi connectivity index (χ1n) is 9.45. The summed E-state index contributed by atoms with van der Waals surface area (Å²) >= 11 is 0. The number of nitrogens with zero attached hydrogens (tertiary/aromatic N) is 1. The third-order valence-electron chi connectivity index (χ3n) is 4.33. The van der Waals surface area contributed by atoms with Gasteiger partial charge in [0.25, 0.3) is 0 Å². The fourth-order valence-corrected chi connectivity index (χ4v) is 2.65. The van der Waals surface area contributed by atoms with Gasteiger partial charge in [0.15, 0.2) is 0 Å². The molecular formula is C23H25N3O3. The van der Waals surface area contributed by atoms with Gasteiger partial charge < -0.3 is 15.1 Å². The number of rotatable bonds is 5. The van der Waals surface area contributed by atoms with E-state index in [1.54, 1.807) is 31.2 Å². The predicted molar refractivity (Wildman–Crippen MR) is 114 cm³/mol. The number of hydrogen-bond acceptors (Lipinski definition) is 4. The van der Waals surface area contributed by atoms with E-state index >= 15 is 0 Å². The highest BCUT2D eigenvalue weighted by Gasteiger charge is 2.21. The van der Waals surface area contributed by atoms with Gasteiger partial charge in [-0.25, -0.2) is 4.98 Å². The fraction of sp³-hybridized carbons (Fsp3) is 0.261. The van der Waals surface area contributed by atoms with Crippen molar-refractivity contribution in [1.29, 1.82) is 0 Å². The quantitative estimate of drug-likeness (QED) is 0.653. The first-order chi connectivity index (χ1) is 13.7. The van der Waals surface area contributed by atoms with Crippen LogP contribution < -0.4 is 10.6 Å². The number of anilines is 2. The van der Waals surface area contributed by atoms with Crippen molar-refractivity contribution in [3.8, 4) is 11.5 Å².